The van der Waals surface area contributed by atoms with Crippen LogP contribution < -0.4 is 0 Å². The molecule has 162 valence electrons. The highest BCUT2D eigenvalue weighted by atomic mass is 31.1. The van der Waals surface area contributed by atoms with E-state index in [4.69, 9.17) is 0 Å². The molecule has 2 unspecified atom stereocenters. The predicted octanol–water partition coefficient (Wildman–Crippen LogP) is 7.70. The Bertz CT molecular complexity index is 514. The van der Waals surface area contributed by atoms with Crippen LogP contribution in [0.2, 0.25) is 0 Å². The lowest BCUT2D eigenvalue weighted by Gasteiger charge is -2.57. The van der Waals surface area contributed by atoms with Gasteiger partial charge in [-0.1, -0.05) is 6.42 Å². The Hall–Kier alpha value is 0.860. The maximum absolute atomic E-state index is 1.66. The van der Waals surface area contributed by atoms with Gasteiger partial charge >= 0.3 is 0 Å². The molecule has 0 spiro atoms. The summed E-state index contributed by atoms with van der Waals surface area (Å²) >= 11 is 0. The van der Waals surface area contributed by atoms with Crippen molar-refractivity contribution in [2.24, 2.45) is 47.3 Å². The lowest BCUT2D eigenvalue weighted by Crippen LogP contribution is -2.48. The fraction of sp³-hybridized carbons (Fsp3) is 1.00. The van der Waals surface area contributed by atoms with Gasteiger partial charge in [-0.05, 0) is 160 Å². The molecule has 0 aliphatic heterocycles. The number of hydrogen-bond donors (Lipinski definition) is 0. The predicted molar refractivity (Wildman–Crippen MR) is 129 cm³/mol. The second-order valence-corrected chi connectivity index (χ2v) is 17.3. The molecule has 4 atom stereocenters. The van der Waals surface area contributed by atoms with Gasteiger partial charge in [0.05, 0.1) is 0 Å². The van der Waals surface area contributed by atoms with Crippen LogP contribution in [0.5, 0.6) is 0 Å². The molecule has 0 saturated heterocycles. The summed E-state index contributed by atoms with van der Waals surface area (Å²) in [7, 11) is 2.68. The van der Waals surface area contributed by atoms with Crippen LogP contribution in [0, 0.1) is 47.3 Å². The van der Waals surface area contributed by atoms with E-state index in [1.807, 2.05) is 0 Å². The molecule has 9 aliphatic carbocycles. The van der Waals surface area contributed by atoms with E-state index in [1.165, 1.54) is 17.2 Å². The Morgan fingerprint density at radius 1 is 0.483 bits per heavy atom. The van der Waals surface area contributed by atoms with Crippen LogP contribution in [0.3, 0.4) is 0 Å². The van der Waals surface area contributed by atoms with E-state index < -0.39 is 0 Å². The molecule has 2 heteroatoms. The number of rotatable bonds is 6. The molecule has 0 amide bonds. The summed E-state index contributed by atoms with van der Waals surface area (Å²) in [6, 6.07) is 0. The zero-order chi connectivity index (χ0) is 19.1. The molecule has 0 radical (unpaired) electrons. The zero-order valence-corrected chi connectivity index (χ0v) is 20.6. The molecule has 0 N–H and O–H groups in total. The molecular weight excluding hydrogens is 386 g/mol. The molecule has 0 nitrogen and oxygen atoms in total. The van der Waals surface area contributed by atoms with E-state index >= 15 is 0 Å². The maximum atomic E-state index is 1.66. The molecule has 0 aromatic carbocycles. The highest BCUT2D eigenvalue weighted by Gasteiger charge is 2.52. The highest BCUT2D eigenvalue weighted by Crippen LogP contribution is 2.65. The van der Waals surface area contributed by atoms with E-state index in [-0.39, 0.29) is 0 Å². The Morgan fingerprint density at radius 2 is 0.793 bits per heavy atom. The lowest BCUT2D eigenvalue weighted by atomic mass is 9.56. The SMILES string of the molecule is C1C[C@H](CPC23CC4CC(CC(C4)C2)C3)[C@H](CPC23CC4CC(CC(C4)C2)C3)C1. The van der Waals surface area contributed by atoms with E-state index in [0.717, 1.165) is 57.7 Å². The van der Waals surface area contributed by atoms with Crippen molar-refractivity contribution in [2.75, 3.05) is 12.3 Å². The van der Waals surface area contributed by atoms with Gasteiger partial charge in [0, 0.05) is 0 Å². The van der Waals surface area contributed by atoms with E-state index in [0.29, 0.717) is 0 Å². The minimum absolute atomic E-state index is 0.865. The van der Waals surface area contributed by atoms with Crippen LogP contribution >= 0.6 is 17.2 Å². The third-order valence-corrected chi connectivity index (χ3v) is 15.6. The number of hydrogen-bond acceptors (Lipinski definition) is 0. The Morgan fingerprint density at radius 3 is 1.10 bits per heavy atom. The first-order chi connectivity index (χ1) is 14.1. The average Bonchev–Trinajstić information content (AvgIpc) is 3.10. The quantitative estimate of drug-likeness (QED) is 0.379. The largest absolute Gasteiger partial charge is 0.115 e. The van der Waals surface area contributed by atoms with Crippen LogP contribution in [-0.2, 0) is 0 Å². The molecule has 9 rings (SSSR count). The molecule has 9 aliphatic rings. The minimum Gasteiger partial charge on any atom is -0.115 e. The van der Waals surface area contributed by atoms with Crippen molar-refractivity contribution in [3.8, 4) is 0 Å². The second-order valence-electron chi connectivity index (χ2n) is 13.6. The maximum Gasteiger partial charge on any atom is -0.0114 e. The minimum atomic E-state index is 0.865. The van der Waals surface area contributed by atoms with Crippen molar-refractivity contribution in [3.63, 3.8) is 0 Å². The zero-order valence-electron chi connectivity index (χ0n) is 18.6. The summed E-state index contributed by atoms with van der Waals surface area (Å²) in [6.45, 7) is 0. The van der Waals surface area contributed by atoms with Crippen LogP contribution in [0.15, 0.2) is 0 Å². The van der Waals surface area contributed by atoms with Crippen LogP contribution in [-0.4, -0.2) is 22.6 Å². The standard InChI is InChI=1S/C27H44P2/c1-2-24(16-28-26-10-18-4-19(11-26)6-20(5-18)12-26)25(3-1)17-29-27-13-21-7-22(14-27)9-23(8-21)15-27/h18-25,28-29H,1-17H2/t18?,19?,20?,21?,22?,23?,24-,25+,26?,27?. The monoisotopic (exact) mass is 430 g/mol. The van der Waals surface area contributed by atoms with Crippen molar-refractivity contribution in [2.45, 2.75) is 107 Å². The second kappa shape index (κ2) is 7.18. The average molecular weight is 431 g/mol. The van der Waals surface area contributed by atoms with Crippen molar-refractivity contribution in [1.29, 1.82) is 0 Å². The normalized spacial score (nSPS) is 57.9. The molecular formula is C27H44P2. The fourth-order valence-corrected chi connectivity index (χ4v) is 16.1. The van der Waals surface area contributed by atoms with E-state index in [2.05, 4.69) is 0 Å². The molecule has 8 bridgehead atoms. The Balaban J connectivity index is 0.970. The van der Waals surface area contributed by atoms with Gasteiger partial charge in [-0.15, -0.1) is 17.2 Å². The third kappa shape index (κ3) is 3.52. The van der Waals surface area contributed by atoms with Crippen LogP contribution in [0.4, 0.5) is 0 Å². The highest BCUT2D eigenvalue weighted by molar-refractivity contribution is 7.40. The summed E-state index contributed by atoms with van der Waals surface area (Å²) in [6.07, 6.45) is 27.8. The van der Waals surface area contributed by atoms with E-state index in [1.54, 1.807) is 109 Å². The summed E-state index contributed by atoms with van der Waals surface area (Å²) in [5, 5.41) is 1.73. The first-order valence-corrected chi connectivity index (χ1v) is 16.1. The first-order valence-electron chi connectivity index (χ1n) is 13.6. The van der Waals surface area contributed by atoms with Crippen molar-refractivity contribution < 1.29 is 0 Å². The third-order valence-electron chi connectivity index (χ3n) is 11.4. The molecule has 29 heavy (non-hydrogen) atoms. The van der Waals surface area contributed by atoms with Gasteiger partial charge in [0.25, 0.3) is 0 Å². The van der Waals surface area contributed by atoms with Gasteiger partial charge in [0.15, 0.2) is 0 Å². The first kappa shape index (κ1) is 19.3. The van der Waals surface area contributed by atoms with Crippen LogP contribution in [0.1, 0.15) is 96.3 Å². The molecule has 0 heterocycles. The molecule has 9 saturated carbocycles. The summed E-state index contributed by atoms with van der Waals surface area (Å²) in [5.41, 5.74) is 0. The van der Waals surface area contributed by atoms with Crippen molar-refractivity contribution in [1.82, 2.24) is 0 Å². The van der Waals surface area contributed by atoms with Crippen molar-refractivity contribution in [3.05, 3.63) is 0 Å². The van der Waals surface area contributed by atoms with Crippen LogP contribution in [0.25, 0.3) is 0 Å². The van der Waals surface area contributed by atoms with Gasteiger partial charge in [-0.25, -0.2) is 0 Å². The van der Waals surface area contributed by atoms with Crippen molar-refractivity contribution >= 4 is 17.2 Å². The van der Waals surface area contributed by atoms with Gasteiger partial charge in [-0.3, -0.25) is 0 Å². The fourth-order valence-electron chi connectivity index (χ4n) is 11.0. The summed E-state index contributed by atoms with van der Waals surface area (Å²) < 4.78 is 0. The summed E-state index contributed by atoms with van der Waals surface area (Å²) in [4.78, 5) is 0. The van der Waals surface area contributed by atoms with Gasteiger partial charge in [0.1, 0.15) is 0 Å². The Labute approximate surface area is 183 Å². The molecule has 0 aromatic heterocycles. The van der Waals surface area contributed by atoms with Gasteiger partial charge in [0.2, 0.25) is 0 Å². The van der Waals surface area contributed by atoms with Gasteiger partial charge in [-0.2, -0.15) is 0 Å². The molecule has 9 fully saturated rings. The Kier molecular flexibility index (Phi) is 4.79. The topological polar surface area (TPSA) is 0 Å². The molecule has 0 aromatic rings. The van der Waals surface area contributed by atoms with E-state index in [9.17, 15) is 0 Å². The lowest BCUT2D eigenvalue weighted by molar-refractivity contribution is 0.0363. The van der Waals surface area contributed by atoms with Gasteiger partial charge < -0.3 is 0 Å². The summed E-state index contributed by atoms with van der Waals surface area (Å²) in [5.74, 6) is 9.23. The smallest absolute Gasteiger partial charge is 0.0114 e.